The van der Waals surface area contributed by atoms with Gasteiger partial charge in [0.25, 0.3) is 5.91 Å². The van der Waals surface area contributed by atoms with E-state index in [0.717, 1.165) is 12.8 Å². The number of ether oxygens (including phenoxy) is 1. The van der Waals surface area contributed by atoms with Gasteiger partial charge in [-0.15, -0.1) is 0 Å². The quantitative estimate of drug-likeness (QED) is 0.315. The number of nitrogens with zero attached hydrogens (tertiary/aromatic N) is 2. The van der Waals surface area contributed by atoms with Gasteiger partial charge in [-0.1, -0.05) is 11.2 Å². The standard InChI is InChI=1S/C14H19N3O4/c1-21-11-4-2-3-10(13(11)18)14(19)17(9-5-6-9)8-7-12(15)16-20/h2-4,9,18,20H,5-8H2,1H3,(H2,15,16). The Morgan fingerprint density at radius 2 is 2.24 bits per heavy atom. The number of para-hydroxylation sites is 1. The Kier molecular flexibility index (Phi) is 4.52. The van der Waals surface area contributed by atoms with Crippen LogP contribution in [0.4, 0.5) is 0 Å². The minimum atomic E-state index is -0.278. The molecule has 7 heteroatoms. The number of amides is 1. The zero-order chi connectivity index (χ0) is 15.4. The highest BCUT2D eigenvalue weighted by Gasteiger charge is 2.34. The summed E-state index contributed by atoms with van der Waals surface area (Å²) in [6.07, 6.45) is 2.13. The van der Waals surface area contributed by atoms with Crippen molar-refractivity contribution in [2.24, 2.45) is 10.9 Å². The fourth-order valence-electron chi connectivity index (χ4n) is 2.14. The van der Waals surface area contributed by atoms with Gasteiger partial charge in [0.1, 0.15) is 5.84 Å². The van der Waals surface area contributed by atoms with Crippen LogP contribution in [0, 0.1) is 0 Å². The molecule has 1 aromatic rings. The Balaban J connectivity index is 2.19. The number of aromatic hydroxyl groups is 1. The van der Waals surface area contributed by atoms with E-state index in [1.807, 2.05) is 0 Å². The second kappa shape index (κ2) is 6.34. The molecule has 0 heterocycles. The summed E-state index contributed by atoms with van der Waals surface area (Å²) in [6, 6.07) is 4.94. The van der Waals surface area contributed by atoms with Crippen LogP contribution in [0.15, 0.2) is 23.4 Å². The summed E-state index contributed by atoms with van der Waals surface area (Å²) in [5.41, 5.74) is 5.64. The van der Waals surface area contributed by atoms with Gasteiger partial charge in [0.05, 0.1) is 12.7 Å². The van der Waals surface area contributed by atoms with Crippen LogP contribution in [0.25, 0.3) is 0 Å². The van der Waals surface area contributed by atoms with Gasteiger partial charge in [-0.05, 0) is 25.0 Å². The van der Waals surface area contributed by atoms with Crippen LogP contribution >= 0.6 is 0 Å². The number of amidine groups is 1. The van der Waals surface area contributed by atoms with Crippen molar-refractivity contribution in [3.63, 3.8) is 0 Å². The second-order valence-corrected chi connectivity index (χ2v) is 4.93. The first-order valence-corrected chi connectivity index (χ1v) is 6.71. The Labute approximate surface area is 122 Å². The maximum absolute atomic E-state index is 12.6. The highest BCUT2D eigenvalue weighted by Crippen LogP contribution is 2.34. The van der Waals surface area contributed by atoms with Crippen molar-refractivity contribution in [3.8, 4) is 11.5 Å². The molecule has 0 spiro atoms. The first-order valence-electron chi connectivity index (χ1n) is 6.71. The van der Waals surface area contributed by atoms with Crippen LogP contribution in [-0.4, -0.2) is 46.7 Å². The van der Waals surface area contributed by atoms with E-state index in [1.165, 1.54) is 7.11 Å². The van der Waals surface area contributed by atoms with Crippen molar-refractivity contribution < 1.29 is 19.8 Å². The van der Waals surface area contributed by atoms with Crippen molar-refractivity contribution >= 4 is 11.7 Å². The summed E-state index contributed by atoms with van der Waals surface area (Å²) in [5.74, 6) is -0.115. The van der Waals surface area contributed by atoms with Crippen LogP contribution < -0.4 is 10.5 Å². The lowest BCUT2D eigenvalue weighted by atomic mass is 10.1. The molecule has 114 valence electrons. The van der Waals surface area contributed by atoms with E-state index in [2.05, 4.69) is 5.16 Å². The minimum Gasteiger partial charge on any atom is -0.504 e. The van der Waals surface area contributed by atoms with Gasteiger partial charge in [0, 0.05) is 19.0 Å². The normalized spacial score (nSPS) is 14.8. The van der Waals surface area contributed by atoms with Gasteiger partial charge >= 0.3 is 0 Å². The lowest BCUT2D eigenvalue weighted by Crippen LogP contribution is -2.36. The molecule has 7 nitrogen and oxygen atoms in total. The average Bonchev–Trinajstić information content (AvgIpc) is 3.32. The SMILES string of the molecule is COc1cccc(C(=O)N(CCC(N)=NO)C2CC2)c1O. The largest absolute Gasteiger partial charge is 0.504 e. The van der Waals surface area contributed by atoms with Gasteiger partial charge in [0.15, 0.2) is 11.5 Å². The number of phenolic OH excluding ortho intramolecular Hbond substituents is 1. The van der Waals surface area contributed by atoms with Crippen molar-refractivity contribution in [3.05, 3.63) is 23.8 Å². The molecule has 0 radical (unpaired) electrons. The van der Waals surface area contributed by atoms with Crippen molar-refractivity contribution in [1.29, 1.82) is 0 Å². The molecule has 4 N–H and O–H groups in total. The van der Waals surface area contributed by atoms with Gasteiger partial charge in [-0.3, -0.25) is 4.79 Å². The van der Waals surface area contributed by atoms with Crippen molar-refractivity contribution in [2.45, 2.75) is 25.3 Å². The maximum Gasteiger partial charge on any atom is 0.258 e. The first-order chi connectivity index (χ1) is 10.1. The Morgan fingerprint density at radius 1 is 1.52 bits per heavy atom. The fourth-order valence-corrected chi connectivity index (χ4v) is 2.14. The molecule has 0 bridgehead atoms. The van der Waals surface area contributed by atoms with E-state index in [0.29, 0.717) is 6.54 Å². The number of rotatable bonds is 6. The molecule has 0 unspecified atom stereocenters. The summed E-state index contributed by atoms with van der Waals surface area (Å²) < 4.78 is 5.01. The summed E-state index contributed by atoms with van der Waals surface area (Å²) >= 11 is 0. The number of nitrogens with two attached hydrogens (primary N) is 1. The fraction of sp³-hybridized carbons (Fsp3) is 0.429. The molecule has 1 amide bonds. The molecular formula is C14H19N3O4. The number of hydrogen-bond donors (Lipinski definition) is 3. The number of hydrogen-bond acceptors (Lipinski definition) is 5. The lowest BCUT2D eigenvalue weighted by Gasteiger charge is -2.23. The van der Waals surface area contributed by atoms with E-state index in [4.69, 9.17) is 15.7 Å². The molecule has 21 heavy (non-hydrogen) atoms. The molecule has 2 rings (SSSR count). The van der Waals surface area contributed by atoms with Crippen LogP contribution in [0.3, 0.4) is 0 Å². The van der Waals surface area contributed by atoms with E-state index in [-0.39, 0.29) is 41.3 Å². The molecule has 0 atom stereocenters. The summed E-state index contributed by atoms with van der Waals surface area (Å²) in [6.45, 7) is 0.343. The molecule has 1 aromatic carbocycles. The zero-order valence-electron chi connectivity index (χ0n) is 11.8. The highest BCUT2D eigenvalue weighted by molar-refractivity contribution is 5.98. The zero-order valence-corrected chi connectivity index (χ0v) is 11.8. The number of phenols is 1. The van der Waals surface area contributed by atoms with Gasteiger partial charge < -0.3 is 25.7 Å². The van der Waals surface area contributed by atoms with Crippen LogP contribution in [0.5, 0.6) is 11.5 Å². The summed E-state index contributed by atoms with van der Waals surface area (Å²) in [7, 11) is 1.43. The van der Waals surface area contributed by atoms with Crippen LogP contribution in [0.2, 0.25) is 0 Å². The molecule has 1 fully saturated rings. The van der Waals surface area contributed by atoms with Crippen molar-refractivity contribution in [1.82, 2.24) is 4.90 Å². The minimum absolute atomic E-state index is 0.0725. The summed E-state index contributed by atoms with van der Waals surface area (Å²) in [4.78, 5) is 14.2. The second-order valence-electron chi connectivity index (χ2n) is 4.93. The maximum atomic E-state index is 12.6. The van der Waals surface area contributed by atoms with E-state index >= 15 is 0 Å². The third kappa shape index (κ3) is 3.36. The molecule has 0 saturated heterocycles. The molecule has 0 aromatic heterocycles. The monoisotopic (exact) mass is 293 g/mol. The van der Waals surface area contributed by atoms with Gasteiger partial charge in [-0.2, -0.15) is 0 Å². The average molecular weight is 293 g/mol. The Morgan fingerprint density at radius 3 is 2.81 bits per heavy atom. The van der Waals surface area contributed by atoms with Crippen molar-refractivity contribution in [2.75, 3.05) is 13.7 Å². The van der Waals surface area contributed by atoms with Crippen LogP contribution in [-0.2, 0) is 0 Å². The molecule has 1 saturated carbocycles. The van der Waals surface area contributed by atoms with E-state index in [9.17, 15) is 9.90 Å². The number of carbonyl (C=O) groups is 1. The molecule has 1 aliphatic carbocycles. The summed E-state index contributed by atoms with van der Waals surface area (Å²) in [5, 5.41) is 21.6. The number of benzene rings is 1. The molecule has 0 aliphatic heterocycles. The van der Waals surface area contributed by atoms with Gasteiger partial charge in [0.2, 0.25) is 0 Å². The van der Waals surface area contributed by atoms with Crippen LogP contribution in [0.1, 0.15) is 29.6 Å². The third-order valence-corrected chi connectivity index (χ3v) is 3.44. The van der Waals surface area contributed by atoms with E-state index in [1.54, 1.807) is 23.1 Å². The van der Waals surface area contributed by atoms with E-state index < -0.39 is 0 Å². The number of carbonyl (C=O) groups excluding carboxylic acids is 1. The predicted octanol–water partition coefficient (Wildman–Crippen LogP) is 1.14. The molecular weight excluding hydrogens is 274 g/mol. The van der Waals surface area contributed by atoms with Gasteiger partial charge in [-0.25, -0.2) is 0 Å². The highest BCUT2D eigenvalue weighted by atomic mass is 16.5. The lowest BCUT2D eigenvalue weighted by molar-refractivity contribution is 0.0743. The topological polar surface area (TPSA) is 108 Å². The molecule has 1 aliphatic rings. The third-order valence-electron chi connectivity index (χ3n) is 3.44. The first kappa shape index (κ1) is 15.0. The predicted molar refractivity (Wildman–Crippen MR) is 76.7 cm³/mol. The smallest absolute Gasteiger partial charge is 0.258 e. The Hall–Kier alpha value is -2.44. The Bertz CT molecular complexity index is 555. The number of methoxy groups -OCH3 is 1. The number of oxime groups is 1.